The molecule has 0 aliphatic rings. The number of H-pyrrole nitrogens is 1. The van der Waals surface area contributed by atoms with E-state index in [0.717, 1.165) is 32.1 Å². The number of aromatic amines is 1. The van der Waals surface area contributed by atoms with Gasteiger partial charge in [0, 0.05) is 18.8 Å². The first-order chi connectivity index (χ1) is 12.0. The van der Waals surface area contributed by atoms with Gasteiger partial charge in [0.15, 0.2) is 0 Å². The van der Waals surface area contributed by atoms with Crippen molar-refractivity contribution in [1.29, 1.82) is 0 Å². The van der Waals surface area contributed by atoms with Crippen LogP contribution in [0.1, 0.15) is 63.2 Å². The van der Waals surface area contributed by atoms with E-state index >= 15 is 0 Å². The number of hydrogen-bond acceptors (Lipinski definition) is 4. The molecule has 0 aliphatic carbocycles. The Morgan fingerprint density at radius 1 is 1.28 bits per heavy atom. The highest BCUT2D eigenvalue weighted by atomic mass is 16.2. The summed E-state index contributed by atoms with van der Waals surface area (Å²) in [4.78, 5) is 42.9. The number of aromatic nitrogens is 3. The van der Waals surface area contributed by atoms with E-state index in [-0.39, 0.29) is 17.3 Å². The molecule has 2 N–H and O–H groups in total. The highest BCUT2D eigenvalue weighted by molar-refractivity contribution is 5.96. The van der Waals surface area contributed by atoms with Gasteiger partial charge in [-0.25, -0.2) is 9.78 Å². The van der Waals surface area contributed by atoms with Crippen LogP contribution in [0.15, 0.2) is 21.9 Å². The summed E-state index contributed by atoms with van der Waals surface area (Å²) < 4.78 is 1.42. The Morgan fingerprint density at radius 3 is 2.72 bits per heavy atom. The number of rotatable bonds is 8. The van der Waals surface area contributed by atoms with Crippen molar-refractivity contribution in [2.75, 3.05) is 0 Å². The molecule has 7 nitrogen and oxygen atoms in total. The number of aryl methyl sites for hydroxylation is 1. The molecule has 1 atom stereocenters. The largest absolute Gasteiger partial charge is 0.350 e. The molecule has 0 fully saturated rings. The second kappa shape index (κ2) is 8.60. The Bertz CT molecular complexity index is 854. The number of pyridine rings is 1. The fraction of sp³-hybridized carbons (Fsp3) is 0.556. The number of hydrogen-bond donors (Lipinski definition) is 2. The van der Waals surface area contributed by atoms with Crippen molar-refractivity contribution < 1.29 is 4.79 Å². The Morgan fingerprint density at radius 2 is 2.04 bits per heavy atom. The summed E-state index contributed by atoms with van der Waals surface area (Å²) in [7, 11) is 0. The Labute approximate surface area is 146 Å². The maximum atomic E-state index is 12.4. The highest BCUT2D eigenvalue weighted by Crippen LogP contribution is 2.09. The van der Waals surface area contributed by atoms with Gasteiger partial charge in [0.05, 0.1) is 10.9 Å². The third kappa shape index (κ3) is 4.55. The van der Waals surface area contributed by atoms with Crippen LogP contribution in [0.4, 0.5) is 0 Å². The zero-order valence-corrected chi connectivity index (χ0v) is 15.1. The van der Waals surface area contributed by atoms with E-state index in [4.69, 9.17) is 0 Å². The van der Waals surface area contributed by atoms with Gasteiger partial charge >= 0.3 is 5.69 Å². The van der Waals surface area contributed by atoms with Crippen molar-refractivity contribution in [3.05, 3.63) is 38.7 Å². The number of nitrogens with one attached hydrogen (secondary N) is 2. The second-order valence-electron chi connectivity index (χ2n) is 6.38. The minimum Gasteiger partial charge on any atom is -0.350 e. The fourth-order valence-electron chi connectivity index (χ4n) is 2.80. The number of fused-ring (bicyclic) bond motifs is 1. The van der Waals surface area contributed by atoms with Crippen LogP contribution < -0.4 is 16.6 Å². The first-order valence-electron chi connectivity index (χ1n) is 8.91. The second-order valence-corrected chi connectivity index (χ2v) is 6.38. The Balaban J connectivity index is 2.27. The van der Waals surface area contributed by atoms with Gasteiger partial charge in [-0.05, 0) is 25.8 Å². The average molecular weight is 346 g/mol. The molecule has 1 amide bonds. The predicted molar refractivity (Wildman–Crippen MR) is 98.0 cm³/mol. The number of unbranched alkanes of at least 4 members (excludes halogenated alkanes) is 2. The molecule has 0 saturated carbocycles. The van der Waals surface area contributed by atoms with Crippen molar-refractivity contribution in [2.45, 2.75) is 65.5 Å². The maximum absolute atomic E-state index is 12.4. The van der Waals surface area contributed by atoms with Crippen LogP contribution in [0.25, 0.3) is 11.0 Å². The van der Waals surface area contributed by atoms with Gasteiger partial charge in [0.1, 0.15) is 5.65 Å². The number of nitrogens with zero attached hydrogens (tertiary/aromatic N) is 2. The van der Waals surface area contributed by atoms with Crippen molar-refractivity contribution in [3.63, 3.8) is 0 Å². The lowest BCUT2D eigenvalue weighted by molar-refractivity contribution is 0.0937. The van der Waals surface area contributed by atoms with Crippen LogP contribution in [0.5, 0.6) is 0 Å². The molecule has 136 valence electrons. The molecule has 7 heteroatoms. The molecule has 2 rings (SSSR count). The summed E-state index contributed by atoms with van der Waals surface area (Å²) in [6, 6.07) is 1.56. The third-order valence-electron chi connectivity index (χ3n) is 4.16. The molecule has 2 aromatic heterocycles. The zero-order valence-electron chi connectivity index (χ0n) is 15.1. The van der Waals surface area contributed by atoms with Crippen molar-refractivity contribution in [2.24, 2.45) is 0 Å². The van der Waals surface area contributed by atoms with Gasteiger partial charge in [-0.2, -0.15) is 0 Å². The highest BCUT2D eigenvalue weighted by Gasteiger charge is 2.14. The molecule has 1 unspecified atom stereocenters. The molecule has 0 radical (unpaired) electrons. The van der Waals surface area contributed by atoms with Crippen LogP contribution in [-0.4, -0.2) is 26.5 Å². The Hall–Kier alpha value is -2.44. The average Bonchev–Trinajstić information content (AvgIpc) is 2.58. The smallest absolute Gasteiger partial charge is 0.329 e. The summed E-state index contributed by atoms with van der Waals surface area (Å²) in [5, 5.41) is 3.18. The SMILES string of the molecule is CCCCCC(C)NC(=O)c1cnc2c(c1)c(=O)[nH]c(=O)n2CCC. The van der Waals surface area contributed by atoms with Crippen LogP contribution >= 0.6 is 0 Å². The molecule has 0 saturated heterocycles. The lowest BCUT2D eigenvalue weighted by atomic mass is 10.1. The molecule has 0 spiro atoms. The Kier molecular flexibility index (Phi) is 6.50. The minimum atomic E-state index is -0.523. The minimum absolute atomic E-state index is 0.0575. The third-order valence-corrected chi connectivity index (χ3v) is 4.16. The number of amides is 1. The zero-order chi connectivity index (χ0) is 18.4. The topological polar surface area (TPSA) is 96.8 Å². The van der Waals surface area contributed by atoms with Crippen molar-refractivity contribution in [1.82, 2.24) is 19.9 Å². The van der Waals surface area contributed by atoms with Gasteiger partial charge < -0.3 is 5.32 Å². The summed E-state index contributed by atoms with van der Waals surface area (Å²) in [5.74, 6) is -0.258. The predicted octanol–water partition coefficient (Wildman–Crippen LogP) is 2.19. The van der Waals surface area contributed by atoms with Gasteiger partial charge in [-0.3, -0.25) is 19.1 Å². The van der Waals surface area contributed by atoms with Crippen LogP contribution in [-0.2, 0) is 6.54 Å². The quantitative estimate of drug-likeness (QED) is 0.716. The summed E-state index contributed by atoms with van der Waals surface area (Å²) in [5.41, 5.74) is -0.371. The summed E-state index contributed by atoms with van der Waals surface area (Å²) in [6.45, 7) is 6.50. The van der Waals surface area contributed by atoms with Gasteiger partial charge in [-0.15, -0.1) is 0 Å². The molecule has 0 aliphatic heterocycles. The van der Waals surface area contributed by atoms with Crippen molar-refractivity contribution in [3.8, 4) is 0 Å². The monoisotopic (exact) mass is 346 g/mol. The lowest BCUT2D eigenvalue weighted by Gasteiger charge is -2.14. The van der Waals surface area contributed by atoms with Gasteiger partial charge in [0.2, 0.25) is 0 Å². The van der Waals surface area contributed by atoms with E-state index in [1.165, 1.54) is 16.8 Å². The summed E-state index contributed by atoms with van der Waals surface area (Å²) in [6.07, 6.45) is 6.41. The van der Waals surface area contributed by atoms with E-state index in [1.807, 2.05) is 13.8 Å². The lowest BCUT2D eigenvalue weighted by Crippen LogP contribution is -2.33. The first kappa shape index (κ1) is 18.9. The molecule has 2 aromatic rings. The van der Waals surface area contributed by atoms with Crippen LogP contribution in [0.3, 0.4) is 0 Å². The van der Waals surface area contributed by atoms with E-state index in [0.29, 0.717) is 17.8 Å². The fourth-order valence-corrected chi connectivity index (χ4v) is 2.80. The molecule has 0 aromatic carbocycles. The standard InChI is InChI=1S/C18H26N4O3/c1-4-6-7-8-12(3)20-16(23)13-10-14-15(19-11-13)22(9-5-2)18(25)21-17(14)24/h10-12H,4-9H2,1-3H3,(H,20,23)(H,21,24,25). The van der Waals surface area contributed by atoms with E-state index < -0.39 is 11.2 Å². The number of carbonyl (C=O) groups excluding carboxylic acids is 1. The molecule has 25 heavy (non-hydrogen) atoms. The number of carbonyl (C=O) groups is 1. The van der Waals surface area contributed by atoms with Crippen LogP contribution in [0, 0.1) is 0 Å². The van der Waals surface area contributed by atoms with Crippen molar-refractivity contribution >= 4 is 16.9 Å². The summed E-state index contributed by atoms with van der Waals surface area (Å²) >= 11 is 0. The van der Waals surface area contributed by atoms with E-state index in [2.05, 4.69) is 22.2 Å². The van der Waals surface area contributed by atoms with E-state index in [9.17, 15) is 14.4 Å². The molecular weight excluding hydrogens is 320 g/mol. The molecule has 2 heterocycles. The first-order valence-corrected chi connectivity index (χ1v) is 8.91. The maximum Gasteiger partial charge on any atom is 0.329 e. The normalized spacial score (nSPS) is 12.3. The van der Waals surface area contributed by atoms with E-state index in [1.54, 1.807) is 0 Å². The van der Waals surface area contributed by atoms with Gasteiger partial charge in [-0.1, -0.05) is 33.1 Å². The molecular formula is C18H26N4O3. The molecule has 0 bridgehead atoms. The van der Waals surface area contributed by atoms with Crippen LogP contribution in [0.2, 0.25) is 0 Å². The van der Waals surface area contributed by atoms with Gasteiger partial charge in [0.25, 0.3) is 11.5 Å².